The Bertz CT molecular complexity index is 523. The van der Waals surface area contributed by atoms with Crippen LogP contribution in [-0.2, 0) is 16.1 Å². The van der Waals surface area contributed by atoms with E-state index in [2.05, 4.69) is 15.6 Å². The molecule has 3 rings (SSSR count). The Labute approximate surface area is 123 Å². The van der Waals surface area contributed by atoms with Gasteiger partial charge in [-0.05, 0) is 31.6 Å². The van der Waals surface area contributed by atoms with Gasteiger partial charge in [0.1, 0.15) is 5.41 Å². The van der Waals surface area contributed by atoms with Crippen molar-refractivity contribution in [2.45, 2.75) is 32.2 Å². The van der Waals surface area contributed by atoms with Crippen molar-refractivity contribution in [3.8, 4) is 0 Å². The number of hydrogen-bond acceptors (Lipinski definition) is 4. The molecule has 1 aromatic rings. The first-order chi connectivity index (χ1) is 10.2. The molecule has 0 aromatic carbocycles. The molecule has 1 aliphatic carbocycles. The number of rotatable bonds is 4. The number of carbonyl (C=O) groups is 2. The highest BCUT2D eigenvalue weighted by Gasteiger charge is 2.57. The lowest BCUT2D eigenvalue weighted by molar-refractivity contribution is -0.145. The number of carbonyl (C=O) groups excluding carboxylic acids is 2. The molecule has 21 heavy (non-hydrogen) atoms. The molecule has 1 saturated carbocycles. The maximum atomic E-state index is 12.7. The van der Waals surface area contributed by atoms with Gasteiger partial charge in [0.2, 0.25) is 11.8 Å². The topological polar surface area (TPSA) is 80.1 Å². The van der Waals surface area contributed by atoms with Crippen LogP contribution in [-0.4, -0.2) is 51.8 Å². The Morgan fingerprint density at radius 2 is 2.24 bits per heavy atom. The van der Waals surface area contributed by atoms with E-state index in [9.17, 15) is 9.59 Å². The Hall–Kier alpha value is -1.92. The van der Waals surface area contributed by atoms with E-state index in [0.29, 0.717) is 25.3 Å². The highest BCUT2D eigenvalue weighted by atomic mass is 16.2. The fourth-order valence-corrected chi connectivity index (χ4v) is 3.20. The molecule has 1 aromatic heterocycles. The Morgan fingerprint density at radius 1 is 1.43 bits per heavy atom. The molecule has 0 bridgehead atoms. The van der Waals surface area contributed by atoms with Gasteiger partial charge in [-0.2, -0.15) is 0 Å². The van der Waals surface area contributed by atoms with Crippen molar-refractivity contribution in [3.05, 3.63) is 12.4 Å². The molecular formula is C14H21N5O2. The highest BCUT2D eigenvalue weighted by molar-refractivity contribution is 6.07. The fraction of sp³-hybridized carbons (Fsp3) is 0.714. The van der Waals surface area contributed by atoms with Crippen molar-refractivity contribution >= 4 is 11.8 Å². The monoisotopic (exact) mass is 291 g/mol. The van der Waals surface area contributed by atoms with Crippen molar-refractivity contribution in [3.63, 3.8) is 0 Å². The lowest BCUT2D eigenvalue weighted by Gasteiger charge is -2.34. The zero-order valence-electron chi connectivity index (χ0n) is 12.3. The third-order valence-corrected chi connectivity index (χ3v) is 4.54. The third kappa shape index (κ3) is 2.64. The minimum atomic E-state index is -0.774. The van der Waals surface area contributed by atoms with E-state index in [1.54, 1.807) is 13.2 Å². The molecule has 1 aliphatic heterocycles. The number of nitrogens with zero attached hydrogens (tertiary/aromatic N) is 4. The van der Waals surface area contributed by atoms with E-state index in [-0.39, 0.29) is 11.8 Å². The summed E-state index contributed by atoms with van der Waals surface area (Å²) in [6.45, 7) is 2.24. The summed E-state index contributed by atoms with van der Waals surface area (Å²) < 4.78 is 1.81. The minimum absolute atomic E-state index is 0.00476. The van der Waals surface area contributed by atoms with Crippen molar-refractivity contribution in [2.75, 3.05) is 20.1 Å². The SMILES string of the molecule is CNC(=O)C1(C(=O)N2CCCC(Cn3ccnn3)C2)CC1. The van der Waals surface area contributed by atoms with E-state index in [1.165, 1.54) is 0 Å². The van der Waals surface area contributed by atoms with Crippen molar-refractivity contribution in [1.82, 2.24) is 25.2 Å². The highest BCUT2D eigenvalue weighted by Crippen LogP contribution is 2.47. The van der Waals surface area contributed by atoms with Crippen LogP contribution in [0.15, 0.2) is 12.4 Å². The average Bonchev–Trinajstić information content (AvgIpc) is 3.17. The molecule has 7 heteroatoms. The second-order valence-corrected chi connectivity index (χ2v) is 6.05. The van der Waals surface area contributed by atoms with Crippen LogP contribution in [0, 0.1) is 11.3 Å². The number of nitrogens with one attached hydrogen (secondary N) is 1. The van der Waals surface area contributed by atoms with Gasteiger partial charge in [0.05, 0.1) is 6.20 Å². The first-order valence-corrected chi connectivity index (χ1v) is 7.51. The quantitative estimate of drug-likeness (QED) is 0.795. The van der Waals surface area contributed by atoms with Crippen molar-refractivity contribution in [1.29, 1.82) is 0 Å². The fourth-order valence-electron chi connectivity index (χ4n) is 3.20. The number of aromatic nitrogens is 3. The minimum Gasteiger partial charge on any atom is -0.358 e. The molecule has 2 heterocycles. The smallest absolute Gasteiger partial charge is 0.238 e. The summed E-state index contributed by atoms with van der Waals surface area (Å²) in [4.78, 5) is 26.5. The maximum Gasteiger partial charge on any atom is 0.238 e. The van der Waals surface area contributed by atoms with E-state index in [4.69, 9.17) is 0 Å². The van der Waals surface area contributed by atoms with Gasteiger partial charge in [-0.15, -0.1) is 5.10 Å². The van der Waals surface area contributed by atoms with Gasteiger partial charge < -0.3 is 10.2 Å². The van der Waals surface area contributed by atoms with E-state index in [0.717, 1.165) is 25.9 Å². The predicted molar refractivity (Wildman–Crippen MR) is 75.1 cm³/mol. The third-order valence-electron chi connectivity index (χ3n) is 4.54. The van der Waals surface area contributed by atoms with E-state index < -0.39 is 5.41 Å². The van der Waals surface area contributed by atoms with Gasteiger partial charge in [0.25, 0.3) is 0 Å². The summed E-state index contributed by atoms with van der Waals surface area (Å²) in [5, 5.41) is 10.4. The lowest BCUT2D eigenvalue weighted by atomic mass is 9.95. The van der Waals surface area contributed by atoms with Gasteiger partial charge in [0, 0.05) is 32.9 Å². The summed E-state index contributed by atoms with van der Waals surface area (Å²) in [5.41, 5.74) is -0.774. The van der Waals surface area contributed by atoms with E-state index in [1.807, 2.05) is 15.8 Å². The molecular weight excluding hydrogens is 270 g/mol. The van der Waals surface area contributed by atoms with Crippen LogP contribution in [0.5, 0.6) is 0 Å². The number of piperidine rings is 1. The Morgan fingerprint density at radius 3 is 2.86 bits per heavy atom. The van der Waals surface area contributed by atoms with Gasteiger partial charge in [0.15, 0.2) is 0 Å². The van der Waals surface area contributed by atoms with Crippen molar-refractivity contribution in [2.24, 2.45) is 11.3 Å². The molecule has 0 radical (unpaired) electrons. The average molecular weight is 291 g/mol. The summed E-state index contributed by atoms with van der Waals surface area (Å²) in [6.07, 6.45) is 6.92. The zero-order chi connectivity index (χ0) is 14.9. The number of hydrogen-bond donors (Lipinski definition) is 1. The summed E-state index contributed by atoms with van der Waals surface area (Å²) in [6, 6.07) is 0. The molecule has 1 atom stereocenters. The molecule has 2 aliphatic rings. The molecule has 1 N–H and O–H groups in total. The van der Waals surface area contributed by atoms with Crippen LogP contribution in [0.3, 0.4) is 0 Å². The normalized spacial score (nSPS) is 23.7. The van der Waals surface area contributed by atoms with Crippen LogP contribution in [0.2, 0.25) is 0 Å². The van der Waals surface area contributed by atoms with Crippen LogP contribution in [0.1, 0.15) is 25.7 Å². The van der Waals surface area contributed by atoms with Crippen LogP contribution >= 0.6 is 0 Å². The van der Waals surface area contributed by atoms with E-state index >= 15 is 0 Å². The molecule has 2 amide bonds. The van der Waals surface area contributed by atoms with Crippen LogP contribution in [0.4, 0.5) is 0 Å². The van der Waals surface area contributed by atoms with Gasteiger partial charge >= 0.3 is 0 Å². The lowest BCUT2D eigenvalue weighted by Crippen LogP contribution is -2.48. The second kappa shape index (κ2) is 5.46. The molecule has 1 saturated heterocycles. The molecule has 1 unspecified atom stereocenters. The first-order valence-electron chi connectivity index (χ1n) is 7.51. The summed E-state index contributed by atoms with van der Waals surface area (Å²) in [7, 11) is 1.60. The Balaban J connectivity index is 1.63. The first kappa shape index (κ1) is 14.0. The molecule has 7 nitrogen and oxygen atoms in total. The molecule has 2 fully saturated rings. The molecule has 114 valence electrons. The molecule has 0 spiro atoms. The standard InChI is InChI=1S/C14H21N5O2/c1-15-12(20)14(4-5-14)13(21)18-7-2-3-11(9-18)10-19-8-6-16-17-19/h6,8,11H,2-5,7,9-10H2,1H3,(H,15,20). The van der Waals surface area contributed by atoms with Crippen LogP contribution in [0.25, 0.3) is 0 Å². The summed E-state index contributed by atoms with van der Waals surface area (Å²) in [5.74, 6) is 0.251. The maximum absolute atomic E-state index is 12.7. The van der Waals surface area contributed by atoms with Gasteiger partial charge in [-0.25, -0.2) is 0 Å². The van der Waals surface area contributed by atoms with Gasteiger partial charge in [-0.1, -0.05) is 5.21 Å². The predicted octanol–water partition coefficient (Wildman–Crippen LogP) is 0.0429. The van der Waals surface area contributed by atoms with Crippen molar-refractivity contribution < 1.29 is 9.59 Å². The van der Waals surface area contributed by atoms with Gasteiger partial charge in [-0.3, -0.25) is 14.3 Å². The second-order valence-electron chi connectivity index (χ2n) is 6.05. The number of likely N-dealkylation sites (tertiary alicyclic amines) is 1. The summed E-state index contributed by atoms with van der Waals surface area (Å²) >= 11 is 0. The van der Waals surface area contributed by atoms with Crippen LogP contribution < -0.4 is 5.32 Å². The zero-order valence-corrected chi connectivity index (χ0v) is 12.3. The largest absolute Gasteiger partial charge is 0.358 e. The number of amides is 2. The Kier molecular flexibility index (Phi) is 3.65.